The Morgan fingerprint density at radius 2 is 1.62 bits per heavy atom. The quantitative estimate of drug-likeness (QED) is 0.689. The summed E-state index contributed by atoms with van der Waals surface area (Å²) >= 11 is 0. The van der Waals surface area contributed by atoms with Gasteiger partial charge >= 0.3 is 0 Å². The number of para-hydroxylation sites is 2. The molecule has 0 radical (unpaired) electrons. The molecule has 0 aliphatic carbocycles. The predicted octanol–water partition coefficient (Wildman–Crippen LogP) is 4.95. The molecule has 3 rings (SSSR count). The third-order valence-corrected chi connectivity index (χ3v) is 4.03. The molecular formula is C19H25Cl2N3. The summed E-state index contributed by atoms with van der Waals surface area (Å²) in [4.78, 5) is 7.90. The van der Waals surface area contributed by atoms with Crippen LogP contribution < -0.4 is 5.73 Å². The van der Waals surface area contributed by atoms with Crippen LogP contribution in [0.5, 0.6) is 0 Å². The van der Waals surface area contributed by atoms with Crippen molar-refractivity contribution in [3.63, 3.8) is 0 Å². The third kappa shape index (κ3) is 4.50. The number of nitrogens with two attached hydrogens (primary N) is 1. The summed E-state index contributed by atoms with van der Waals surface area (Å²) in [6.45, 7) is 6.67. The SMILES string of the molecule is CC(C)(C)c1ccc(C[C@@H](N)c2nc3ccccc3[nH]2)cc1.Cl.Cl. The van der Waals surface area contributed by atoms with Crippen LogP contribution in [0, 0.1) is 0 Å². The number of rotatable bonds is 3. The smallest absolute Gasteiger partial charge is 0.124 e. The van der Waals surface area contributed by atoms with E-state index in [4.69, 9.17) is 5.73 Å². The highest BCUT2D eigenvalue weighted by Crippen LogP contribution is 2.23. The standard InChI is InChI=1S/C19H23N3.2ClH/c1-19(2,3)14-10-8-13(9-11-14)12-15(20)18-21-16-6-4-5-7-17(16)22-18;;/h4-11,15H,12,20H2,1-3H3,(H,21,22);2*1H/t15-;;/m1../s1. The van der Waals surface area contributed by atoms with Crippen LogP contribution in [0.1, 0.15) is 43.8 Å². The van der Waals surface area contributed by atoms with Gasteiger partial charge in [0.05, 0.1) is 17.1 Å². The van der Waals surface area contributed by atoms with E-state index in [2.05, 4.69) is 55.0 Å². The molecule has 1 atom stereocenters. The van der Waals surface area contributed by atoms with E-state index in [-0.39, 0.29) is 36.3 Å². The monoisotopic (exact) mass is 365 g/mol. The first-order valence-electron chi connectivity index (χ1n) is 7.73. The Kier molecular flexibility index (Phi) is 6.85. The second-order valence-corrected chi connectivity index (χ2v) is 6.90. The largest absolute Gasteiger partial charge is 0.341 e. The van der Waals surface area contributed by atoms with E-state index in [9.17, 15) is 0 Å². The molecule has 3 N–H and O–H groups in total. The van der Waals surface area contributed by atoms with Crippen molar-refractivity contribution in [3.05, 3.63) is 65.5 Å². The van der Waals surface area contributed by atoms with E-state index in [1.165, 1.54) is 11.1 Å². The number of aromatic nitrogens is 2. The molecule has 24 heavy (non-hydrogen) atoms. The Morgan fingerprint density at radius 3 is 2.21 bits per heavy atom. The lowest BCUT2D eigenvalue weighted by Crippen LogP contribution is -2.15. The molecule has 0 fully saturated rings. The second-order valence-electron chi connectivity index (χ2n) is 6.90. The average molecular weight is 366 g/mol. The predicted molar refractivity (Wildman–Crippen MR) is 106 cm³/mol. The summed E-state index contributed by atoms with van der Waals surface area (Å²) in [5, 5.41) is 0. The molecule has 0 spiro atoms. The number of benzene rings is 2. The number of imidazole rings is 1. The zero-order valence-electron chi connectivity index (χ0n) is 14.2. The van der Waals surface area contributed by atoms with Crippen LogP contribution in [0.2, 0.25) is 0 Å². The highest BCUT2D eigenvalue weighted by Gasteiger charge is 2.15. The highest BCUT2D eigenvalue weighted by molar-refractivity contribution is 5.85. The molecule has 1 heterocycles. The molecule has 0 unspecified atom stereocenters. The van der Waals surface area contributed by atoms with Crippen molar-refractivity contribution >= 4 is 35.8 Å². The maximum absolute atomic E-state index is 6.32. The van der Waals surface area contributed by atoms with Gasteiger partial charge in [0, 0.05) is 0 Å². The summed E-state index contributed by atoms with van der Waals surface area (Å²) in [5.41, 5.74) is 11.1. The lowest BCUT2D eigenvalue weighted by Gasteiger charge is -2.19. The van der Waals surface area contributed by atoms with Crippen molar-refractivity contribution in [1.29, 1.82) is 0 Å². The van der Waals surface area contributed by atoms with Crippen LogP contribution in [0.25, 0.3) is 11.0 Å². The van der Waals surface area contributed by atoms with Crippen molar-refractivity contribution in [2.24, 2.45) is 5.73 Å². The molecule has 0 aliphatic heterocycles. The van der Waals surface area contributed by atoms with Crippen molar-refractivity contribution in [1.82, 2.24) is 9.97 Å². The van der Waals surface area contributed by atoms with E-state index in [1.54, 1.807) is 0 Å². The Balaban J connectivity index is 0.00000144. The maximum Gasteiger partial charge on any atom is 0.124 e. The van der Waals surface area contributed by atoms with Gasteiger partial charge in [0.2, 0.25) is 0 Å². The Hall–Kier alpha value is -1.55. The van der Waals surface area contributed by atoms with E-state index >= 15 is 0 Å². The van der Waals surface area contributed by atoms with Gasteiger partial charge in [-0.25, -0.2) is 4.98 Å². The van der Waals surface area contributed by atoms with E-state index < -0.39 is 0 Å². The fourth-order valence-electron chi connectivity index (χ4n) is 2.64. The number of fused-ring (bicyclic) bond motifs is 1. The van der Waals surface area contributed by atoms with Gasteiger partial charge < -0.3 is 10.7 Å². The molecule has 0 saturated heterocycles. The number of H-pyrrole nitrogens is 1. The van der Waals surface area contributed by atoms with Gasteiger partial charge in [-0.3, -0.25) is 0 Å². The summed E-state index contributed by atoms with van der Waals surface area (Å²) in [5.74, 6) is 0.848. The van der Waals surface area contributed by atoms with Crippen LogP contribution in [0.3, 0.4) is 0 Å². The van der Waals surface area contributed by atoms with E-state index in [1.807, 2.05) is 24.3 Å². The average Bonchev–Trinajstić information content (AvgIpc) is 2.91. The molecule has 5 heteroatoms. The van der Waals surface area contributed by atoms with E-state index in [0.29, 0.717) is 0 Å². The van der Waals surface area contributed by atoms with Crippen molar-refractivity contribution in [3.8, 4) is 0 Å². The minimum absolute atomic E-state index is 0. The van der Waals surface area contributed by atoms with E-state index in [0.717, 1.165) is 23.3 Å². The molecule has 3 aromatic rings. The molecule has 0 saturated carbocycles. The highest BCUT2D eigenvalue weighted by atomic mass is 35.5. The molecule has 1 aromatic heterocycles. The Labute approximate surface area is 155 Å². The second kappa shape index (κ2) is 8.02. The van der Waals surface area contributed by atoms with Crippen molar-refractivity contribution in [2.45, 2.75) is 38.6 Å². The number of nitrogens with zero attached hydrogens (tertiary/aromatic N) is 1. The molecule has 0 aliphatic rings. The zero-order chi connectivity index (χ0) is 15.7. The van der Waals surface area contributed by atoms with Gasteiger partial charge in [0.25, 0.3) is 0 Å². The van der Waals surface area contributed by atoms with Gasteiger partial charge in [-0.1, -0.05) is 57.2 Å². The van der Waals surface area contributed by atoms with Gasteiger partial charge in [-0.2, -0.15) is 0 Å². The molecule has 2 aromatic carbocycles. The van der Waals surface area contributed by atoms with Crippen molar-refractivity contribution in [2.75, 3.05) is 0 Å². The Bertz CT molecular complexity index is 740. The number of hydrogen-bond donors (Lipinski definition) is 2. The number of halogens is 2. The molecule has 130 valence electrons. The number of hydrogen-bond acceptors (Lipinski definition) is 2. The molecule has 3 nitrogen and oxygen atoms in total. The van der Waals surface area contributed by atoms with Crippen LogP contribution >= 0.6 is 24.8 Å². The first-order valence-corrected chi connectivity index (χ1v) is 7.73. The number of nitrogens with one attached hydrogen (secondary N) is 1. The summed E-state index contributed by atoms with van der Waals surface area (Å²) in [6.07, 6.45) is 0.782. The third-order valence-electron chi connectivity index (χ3n) is 4.03. The van der Waals surface area contributed by atoms with Crippen molar-refractivity contribution < 1.29 is 0 Å². The lowest BCUT2D eigenvalue weighted by atomic mass is 9.86. The molecule has 0 amide bonds. The number of aromatic amines is 1. The fourth-order valence-corrected chi connectivity index (χ4v) is 2.64. The van der Waals surface area contributed by atoms with Crippen LogP contribution in [0.4, 0.5) is 0 Å². The van der Waals surface area contributed by atoms with Crippen LogP contribution in [-0.2, 0) is 11.8 Å². The molecular weight excluding hydrogens is 341 g/mol. The summed E-state index contributed by atoms with van der Waals surface area (Å²) in [6, 6.07) is 16.6. The minimum Gasteiger partial charge on any atom is -0.341 e. The summed E-state index contributed by atoms with van der Waals surface area (Å²) in [7, 11) is 0. The summed E-state index contributed by atoms with van der Waals surface area (Å²) < 4.78 is 0. The maximum atomic E-state index is 6.32. The van der Waals surface area contributed by atoms with Crippen LogP contribution in [0.15, 0.2) is 48.5 Å². The fraction of sp³-hybridized carbons (Fsp3) is 0.316. The zero-order valence-corrected chi connectivity index (χ0v) is 15.9. The first kappa shape index (κ1) is 20.5. The van der Waals surface area contributed by atoms with Gasteiger partial charge in [0.1, 0.15) is 5.82 Å². The molecule has 0 bridgehead atoms. The lowest BCUT2D eigenvalue weighted by molar-refractivity contribution is 0.589. The van der Waals surface area contributed by atoms with Gasteiger partial charge in [-0.15, -0.1) is 24.8 Å². The van der Waals surface area contributed by atoms with Crippen LogP contribution in [-0.4, -0.2) is 9.97 Å². The first-order chi connectivity index (χ1) is 10.4. The van der Waals surface area contributed by atoms with Gasteiger partial charge in [-0.05, 0) is 35.1 Å². The normalized spacial score (nSPS) is 12.3. The minimum atomic E-state index is -0.118. The Morgan fingerprint density at radius 1 is 1.00 bits per heavy atom. The van der Waals surface area contributed by atoms with Gasteiger partial charge in [0.15, 0.2) is 0 Å². The topological polar surface area (TPSA) is 54.7 Å².